The molecule has 6 rings (SSSR count). The number of carbonyl (C=O) groups is 1. The third-order valence-electron chi connectivity index (χ3n) is 6.37. The molecule has 1 amide bonds. The van der Waals surface area contributed by atoms with Crippen LogP contribution < -0.4 is 5.32 Å². The number of hydrogen-bond acceptors (Lipinski definition) is 5. The molecule has 3 aromatic carbocycles. The molecule has 1 unspecified atom stereocenters. The molecule has 1 atom stereocenters. The highest BCUT2D eigenvalue weighted by Gasteiger charge is 2.21. The Labute approximate surface area is 205 Å². The Morgan fingerprint density at radius 3 is 2.57 bits per heavy atom. The summed E-state index contributed by atoms with van der Waals surface area (Å²) in [6.45, 7) is 5.03. The van der Waals surface area contributed by atoms with Crippen LogP contribution >= 0.6 is 11.8 Å². The van der Waals surface area contributed by atoms with Gasteiger partial charge in [-0.15, -0.1) is 10.2 Å². The molecule has 0 aliphatic rings. The van der Waals surface area contributed by atoms with Gasteiger partial charge in [-0.05, 0) is 43.7 Å². The van der Waals surface area contributed by atoms with Gasteiger partial charge in [0.25, 0.3) is 0 Å². The second-order valence-electron chi connectivity index (χ2n) is 8.46. The third kappa shape index (κ3) is 3.70. The molecule has 174 valence electrons. The number of para-hydroxylation sites is 2. The summed E-state index contributed by atoms with van der Waals surface area (Å²) in [5, 5.41) is 15.2. The highest BCUT2D eigenvalue weighted by atomic mass is 32.2. The van der Waals surface area contributed by atoms with Gasteiger partial charge in [0.2, 0.25) is 11.1 Å². The fourth-order valence-corrected chi connectivity index (χ4v) is 5.52. The van der Waals surface area contributed by atoms with E-state index in [1.165, 1.54) is 28.2 Å². The van der Waals surface area contributed by atoms with E-state index >= 15 is 0 Å². The SMILES string of the molecule is CCC(Sc1nnc2c(n1)[nH]c1ccccc12)C(=O)Nc1ccc2c(c1)c1ccccc1n2CC. The summed E-state index contributed by atoms with van der Waals surface area (Å²) >= 11 is 1.33. The predicted molar refractivity (Wildman–Crippen MR) is 143 cm³/mol. The molecular weight excluding hydrogens is 456 g/mol. The number of nitrogens with one attached hydrogen (secondary N) is 2. The molecule has 6 aromatic rings. The number of carbonyl (C=O) groups excluding carboxylic acids is 1. The zero-order chi connectivity index (χ0) is 23.9. The van der Waals surface area contributed by atoms with E-state index in [-0.39, 0.29) is 11.2 Å². The summed E-state index contributed by atoms with van der Waals surface area (Å²) in [6, 6.07) is 22.4. The Bertz CT molecular complexity index is 1720. The molecule has 3 heterocycles. The Morgan fingerprint density at radius 1 is 0.971 bits per heavy atom. The number of nitrogens with zero attached hydrogens (tertiary/aromatic N) is 4. The van der Waals surface area contributed by atoms with Crippen molar-refractivity contribution in [1.29, 1.82) is 0 Å². The van der Waals surface area contributed by atoms with Crippen molar-refractivity contribution in [3.05, 3.63) is 66.7 Å². The molecular formula is C27H24N6OS. The van der Waals surface area contributed by atoms with Gasteiger partial charge < -0.3 is 14.9 Å². The van der Waals surface area contributed by atoms with Crippen LogP contribution in [0.2, 0.25) is 0 Å². The van der Waals surface area contributed by atoms with Crippen molar-refractivity contribution in [2.75, 3.05) is 5.32 Å². The molecule has 0 aliphatic heterocycles. The monoisotopic (exact) mass is 480 g/mol. The maximum atomic E-state index is 13.2. The number of aromatic amines is 1. The van der Waals surface area contributed by atoms with Gasteiger partial charge in [0.1, 0.15) is 5.52 Å². The van der Waals surface area contributed by atoms with Gasteiger partial charge in [-0.3, -0.25) is 4.79 Å². The quantitative estimate of drug-likeness (QED) is 0.279. The summed E-state index contributed by atoms with van der Waals surface area (Å²) in [5.41, 5.74) is 5.53. The summed E-state index contributed by atoms with van der Waals surface area (Å²) in [6.07, 6.45) is 0.641. The minimum Gasteiger partial charge on any atom is -0.341 e. The minimum absolute atomic E-state index is 0.0728. The molecule has 2 N–H and O–H groups in total. The maximum Gasteiger partial charge on any atom is 0.237 e. The number of amides is 1. The van der Waals surface area contributed by atoms with Crippen molar-refractivity contribution in [2.24, 2.45) is 0 Å². The molecule has 0 radical (unpaired) electrons. The molecule has 0 fully saturated rings. The van der Waals surface area contributed by atoms with Crippen molar-refractivity contribution >= 4 is 67.2 Å². The summed E-state index contributed by atoms with van der Waals surface area (Å²) in [4.78, 5) is 21.1. The number of H-pyrrole nitrogens is 1. The number of hydrogen-bond donors (Lipinski definition) is 2. The highest BCUT2D eigenvalue weighted by molar-refractivity contribution is 8.00. The lowest BCUT2D eigenvalue weighted by atomic mass is 10.1. The number of rotatable bonds is 6. The van der Waals surface area contributed by atoms with Gasteiger partial charge in [0, 0.05) is 44.9 Å². The first-order chi connectivity index (χ1) is 17.2. The Kier molecular flexibility index (Phi) is 5.37. The number of benzene rings is 3. The van der Waals surface area contributed by atoms with Crippen LogP contribution in [0.25, 0.3) is 43.9 Å². The topological polar surface area (TPSA) is 88.5 Å². The average molecular weight is 481 g/mol. The van der Waals surface area contributed by atoms with Crippen molar-refractivity contribution in [3.63, 3.8) is 0 Å². The molecule has 0 saturated carbocycles. The first kappa shape index (κ1) is 21.6. The van der Waals surface area contributed by atoms with Gasteiger partial charge in [-0.1, -0.05) is 55.1 Å². The van der Waals surface area contributed by atoms with Gasteiger partial charge >= 0.3 is 0 Å². The fourth-order valence-electron chi connectivity index (χ4n) is 4.70. The van der Waals surface area contributed by atoms with Crippen LogP contribution in [0.4, 0.5) is 5.69 Å². The van der Waals surface area contributed by atoms with E-state index in [9.17, 15) is 4.79 Å². The van der Waals surface area contributed by atoms with E-state index < -0.39 is 0 Å². The Balaban J connectivity index is 1.26. The number of thioether (sulfide) groups is 1. The van der Waals surface area contributed by atoms with Crippen LogP contribution in [-0.4, -0.2) is 35.9 Å². The van der Waals surface area contributed by atoms with Crippen molar-refractivity contribution in [1.82, 2.24) is 24.7 Å². The fraction of sp³-hybridized carbons (Fsp3) is 0.185. The standard InChI is InChI=1S/C27H24N6OS/c1-3-23(35-27-30-25-24(31-32-27)18-10-5-7-11-20(18)29-25)26(34)28-16-13-14-22-19(15-16)17-9-6-8-12-21(17)33(22)4-2/h5-15,23H,3-4H2,1-2H3,(H,28,34)(H,29,30,32). The van der Waals surface area contributed by atoms with Crippen LogP contribution in [0.5, 0.6) is 0 Å². The zero-order valence-corrected chi connectivity index (χ0v) is 20.3. The van der Waals surface area contributed by atoms with Gasteiger partial charge in [-0.25, -0.2) is 4.98 Å². The second kappa shape index (κ2) is 8.70. The molecule has 7 nitrogen and oxygen atoms in total. The van der Waals surface area contributed by atoms with Gasteiger partial charge in [0.15, 0.2) is 5.65 Å². The summed E-state index contributed by atoms with van der Waals surface area (Å²) in [7, 11) is 0. The van der Waals surface area contributed by atoms with E-state index in [2.05, 4.69) is 73.4 Å². The zero-order valence-electron chi connectivity index (χ0n) is 19.4. The summed E-state index contributed by atoms with van der Waals surface area (Å²) < 4.78 is 2.30. The van der Waals surface area contributed by atoms with Crippen molar-refractivity contribution < 1.29 is 4.79 Å². The van der Waals surface area contributed by atoms with E-state index in [1.807, 2.05) is 37.3 Å². The van der Waals surface area contributed by atoms with Gasteiger partial charge in [-0.2, -0.15) is 0 Å². The largest absolute Gasteiger partial charge is 0.341 e. The average Bonchev–Trinajstić information content (AvgIpc) is 3.41. The normalized spacial score (nSPS) is 12.6. The Morgan fingerprint density at radius 2 is 1.74 bits per heavy atom. The lowest BCUT2D eigenvalue weighted by Gasteiger charge is -2.14. The van der Waals surface area contributed by atoms with Crippen LogP contribution in [0.3, 0.4) is 0 Å². The van der Waals surface area contributed by atoms with E-state index in [1.54, 1.807) is 0 Å². The minimum atomic E-state index is -0.341. The third-order valence-corrected chi connectivity index (χ3v) is 7.59. The lowest BCUT2D eigenvalue weighted by Crippen LogP contribution is -2.24. The lowest BCUT2D eigenvalue weighted by molar-refractivity contribution is -0.115. The smallest absolute Gasteiger partial charge is 0.237 e. The van der Waals surface area contributed by atoms with Crippen LogP contribution in [0.15, 0.2) is 71.9 Å². The van der Waals surface area contributed by atoms with E-state index in [4.69, 9.17) is 0 Å². The number of aromatic nitrogens is 5. The number of aryl methyl sites for hydroxylation is 1. The molecule has 3 aromatic heterocycles. The van der Waals surface area contributed by atoms with Crippen LogP contribution in [-0.2, 0) is 11.3 Å². The Hall–Kier alpha value is -3.91. The van der Waals surface area contributed by atoms with E-state index in [0.717, 1.165) is 34.0 Å². The molecule has 8 heteroatoms. The predicted octanol–water partition coefficient (Wildman–Crippen LogP) is 6.14. The summed E-state index contributed by atoms with van der Waals surface area (Å²) in [5.74, 6) is -0.0728. The molecule has 35 heavy (non-hydrogen) atoms. The highest BCUT2D eigenvalue weighted by Crippen LogP contribution is 2.32. The van der Waals surface area contributed by atoms with Gasteiger partial charge in [0.05, 0.1) is 5.25 Å². The first-order valence-corrected chi connectivity index (χ1v) is 12.6. The maximum absolute atomic E-state index is 13.2. The molecule has 0 spiro atoms. The van der Waals surface area contributed by atoms with Crippen molar-refractivity contribution in [2.45, 2.75) is 37.2 Å². The van der Waals surface area contributed by atoms with E-state index in [0.29, 0.717) is 17.2 Å². The first-order valence-electron chi connectivity index (χ1n) is 11.8. The van der Waals surface area contributed by atoms with Crippen LogP contribution in [0.1, 0.15) is 20.3 Å². The number of fused-ring (bicyclic) bond motifs is 6. The second-order valence-corrected chi connectivity index (χ2v) is 9.63. The van der Waals surface area contributed by atoms with Crippen LogP contribution in [0, 0.1) is 0 Å². The molecule has 0 bridgehead atoms. The molecule has 0 aliphatic carbocycles. The molecule has 0 saturated heterocycles. The number of anilines is 1. The van der Waals surface area contributed by atoms with Crippen molar-refractivity contribution in [3.8, 4) is 0 Å².